The van der Waals surface area contributed by atoms with Crippen molar-refractivity contribution >= 4 is 5.91 Å². The molecule has 2 rings (SSSR count). The second-order valence-corrected chi connectivity index (χ2v) is 5.16. The molecule has 1 aromatic heterocycles. The fraction of sp³-hybridized carbons (Fsp3) is 0.571. The van der Waals surface area contributed by atoms with Gasteiger partial charge in [-0.3, -0.25) is 9.78 Å². The molecular weight excluding hydrogens is 226 g/mol. The van der Waals surface area contributed by atoms with Crippen LogP contribution in [0.2, 0.25) is 0 Å². The van der Waals surface area contributed by atoms with Gasteiger partial charge < -0.3 is 11.1 Å². The minimum absolute atomic E-state index is 0.0923. The number of hydrogen-bond donors (Lipinski definition) is 2. The van der Waals surface area contributed by atoms with Gasteiger partial charge in [0, 0.05) is 31.3 Å². The lowest BCUT2D eigenvalue weighted by atomic mass is 9.66. The SMILES string of the molecule is NCC1(CC(=O)NCCc2ccccn2)CCC1. The van der Waals surface area contributed by atoms with Gasteiger partial charge in [0.05, 0.1) is 0 Å². The fourth-order valence-corrected chi connectivity index (χ4v) is 2.41. The molecule has 1 aliphatic carbocycles. The summed E-state index contributed by atoms with van der Waals surface area (Å²) >= 11 is 0. The average Bonchev–Trinajstić information content (AvgIpc) is 2.35. The smallest absolute Gasteiger partial charge is 0.220 e. The number of amides is 1. The normalized spacial score (nSPS) is 16.9. The number of carbonyl (C=O) groups excluding carboxylic acids is 1. The summed E-state index contributed by atoms with van der Waals surface area (Å²) in [6, 6.07) is 5.82. The number of pyridine rings is 1. The van der Waals surface area contributed by atoms with Gasteiger partial charge in [-0.2, -0.15) is 0 Å². The van der Waals surface area contributed by atoms with E-state index in [0.29, 0.717) is 19.5 Å². The number of carbonyl (C=O) groups is 1. The molecule has 4 nitrogen and oxygen atoms in total. The van der Waals surface area contributed by atoms with Gasteiger partial charge in [0.25, 0.3) is 0 Å². The number of rotatable bonds is 6. The highest BCUT2D eigenvalue weighted by Gasteiger charge is 2.37. The summed E-state index contributed by atoms with van der Waals surface area (Å²) in [6.07, 6.45) is 6.52. The molecule has 0 spiro atoms. The summed E-state index contributed by atoms with van der Waals surface area (Å²) in [5, 5.41) is 2.95. The Balaban J connectivity index is 1.69. The van der Waals surface area contributed by atoms with Crippen LogP contribution in [0, 0.1) is 5.41 Å². The summed E-state index contributed by atoms with van der Waals surface area (Å²) < 4.78 is 0. The van der Waals surface area contributed by atoms with Crippen LogP contribution in [0.15, 0.2) is 24.4 Å². The largest absolute Gasteiger partial charge is 0.356 e. The molecule has 1 heterocycles. The minimum Gasteiger partial charge on any atom is -0.356 e. The number of aromatic nitrogens is 1. The first-order valence-corrected chi connectivity index (χ1v) is 6.61. The second kappa shape index (κ2) is 5.96. The van der Waals surface area contributed by atoms with Crippen LogP contribution in [0.1, 0.15) is 31.4 Å². The van der Waals surface area contributed by atoms with Gasteiger partial charge in [0.1, 0.15) is 0 Å². The van der Waals surface area contributed by atoms with Crippen LogP contribution in [0.5, 0.6) is 0 Å². The molecule has 3 N–H and O–H groups in total. The van der Waals surface area contributed by atoms with Gasteiger partial charge in [-0.05, 0) is 36.9 Å². The highest BCUT2D eigenvalue weighted by atomic mass is 16.1. The molecule has 0 unspecified atom stereocenters. The minimum atomic E-state index is 0.0923. The van der Waals surface area contributed by atoms with E-state index in [1.54, 1.807) is 6.20 Å². The van der Waals surface area contributed by atoms with Crippen molar-refractivity contribution in [3.63, 3.8) is 0 Å². The standard InChI is InChI=1S/C14H21N3O/c15-11-14(6-3-7-14)10-13(18)17-9-5-12-4-1-2-8-16-12/h1-2,4,8H,3,5-7,9-11,15H2,(H,17,18). The first-order valence-electron chi connectivity index (χ1n) is 6.61. The van der Waals surface area contributed by atoms with Gasteiger partial charge in [-0.15, -0.1) is 0 Å². The Morgan fingerprint density at radius 3 is 2.83 bits per heavy atom. The molecule has 0 radical (unpaired) electrons. The van der Waals surface area contributed by atoms with Crippen LogP contribution in [-0.4, -0.2) is 24.0 Å². The van der Waals surface area contributed by atoms with Crippen LogP contribution >= 0.6 is 0 Å². The number of nitrogens with zero attached hydrogens (tertiary/aromatic N) is 1. The third kappa shape index (κ3) is 3.29. The zero-order chi connectivity index (χ0) is 12.8. The summed E-state index contributed by atoms with van der Waals surface area (Å²) in [7, 11) is 0. The summed E-state index contributed by atoms with van der Waals surface area (Å²) in [5.74, 6) is 0.121. The predicted molar refractivity (Wildman–Crippen MR) is 70.9 cm³/mol. The van der Waals surface area contributed by atoms with E-state index in [1.165, 1.54) is 6.42 Å². The number of hydrogen-bond acceptors (Lipinski definition) is 3. The Hall–Kier alpha value is -1.42. The van der Waals surface area contributed by atoms with Gasteiger partial charge in [-0.1, -0.05) is 12.5 Å². The molecule has 1 aromatic rings. The highest BCUT2D eigenvalue weighted by molar-refractivity contribution is 5.76. The zero-order valence-corrected chi connectivity index (χ0v) is 10.7. The molecule has 0 aliphatic heterocycles. The van der Waals surface area contributed by atoms with Gasteiger partial charge in [-0.25, -0.2) is 0 Å². The topological polar surface area (TPSA) is 68.0 Å². The van der Waals surface area contributed by atoms with Crippen LogP contribution < -0.4 is 11.1 Å². The molecule has 1 amide bonds. The van der Waals surface area contributed by atoms with Crippen molar-refractivity contribution in [1.82, 2.24) is 10.3 Å². The molecule has 0 aromatic carbocycles. The quantitative estimate of drug-likeness (QED) is 0.795. The van der Waals surface area contributed by atoms with Crippen molar-refractivity contribution < 1.29 is 4.79 Å². The first-order chi connectivity index (χ1) is 8.74. The van der Waals surface area contributed by atoms with Crippen molar-refractivity contribution in [2.75, 3.05) is 13.1 Å². The van der Waals surface area contributed by atoms with Crippen molar-refractivity contribution in [2.24, 2.45) is 11.1 Å². The predicted octanol–water partition coefficient (Wildman–Crippen LogP) is 1.26. The summed E-state index contributed by atoms with van der Waals surface area (Å²) in [6.45, 7) is 1.27. The fourth-order valence-electron chi connectivity index (χ4n) is 2.41. The maximum absolute atomic E-state index is 11.8. The molecular formula is C14H21N3O. The van der Waals surface area contributed by atoms with E-state index in [0.717, 1.165) is 25.0 Å². The Kier molecular flexibility index (Phi) is 4.31. The van der Waals surface area contributed by atoms with E-state index in [-0.39, 0.29) is 11.3 Å². The zero-order valence-electron chi connectivity index (χ0n) is 10.7. The van der Waals surface area contributed by atoms with Crippen molar-refractivity contribution in [2.45, 2.75) is 32.1 Å². The van der Waals surface area contributed by atoms with E-state index >= 15 is 0 Å². The number of nitrogens with two attached hydrogens (primary N) is 1. The van der Waals surface area contributed by atoms with E-state index in [2.05, 4.69) is 10.3 Å². The Morgan fingerprint density at radius 1 is 1.44 bits per heavy atom. The van der Waals surface area contributed by atoms with Crippen molar-refractivity contribution in [3.8, 4) is 0 Å². The van der Waals surface area contributed by atoms with Crippen molar-refractivity contribution in [1.29, 1.82) is 0 Å². The molecule has 4 heteroatoms. The maximum Gasteiger partial charge on any atom is 0.220 e. The van der Waals surface area contributed by atoms with Gasteiger partial charge in [0.15, 0.2) is 0 Å². The molecule has 18 heavy (non-hydrogen) atoms. The molecule has 0 saturated heterocycles. The molecule has 98 valence electrons. The summed E-state index contributed by atoms with van der Waals surface area (Å²) in [4.78, 5) is 16.0. The van der Waals surface area contributed by atoms with Crippen LogP contribution in [-0.2, 0) is 11.2 Å². The van der Waals surface area contributed by atoms with E-state index < -0.39 is 0 Å². The Labute approximate surface area is 108 Å². The van der Waals surface area contributed by atoms with Crippen LogP contribution in [0.25, 0.3) is 0 Å². The van der Waals surface area contributed by atoms with Crippen molar-refractivity contribution in [3.05, 3.63) is 30.1 Å². The lowest BCUT2D eigenvalue weighted by Gasteiger charge is -2.40. The first kappa shape index (κ1) is 13.0. The summed E-state index contributed by atoms with van der Waals surface area (Å²) in [5.41, 5.74) is 6.85. The van der Waals surface area contributed by atoms with Gasteiger partial charge in [0.2, 0.25) is 5.91 Å². The number of nitrogens with one attached hydrogen (secondary N) is 1. The highest BCUT2D eigenvalue weighted by Crippen LogP contribution is 2.42. The van der Waals surface area contributed by atoms with Gasteiger partial charge >= 0.3 is 0 Å². The molecule has 1 fully saturated rings. The van der Waals surface area contributed by atoms with E-state index in [4.69, 9.17) is 5.73 Å². The van der Waals surface area contributed by atoms with Crippen LogP contribution in [0.4, 0.5) is 0 Å². The third-order valence-corrected chi connectivity index (χ3v) is 3.81. The molecule has 1 aliphatic rings. The Morgan fingerprint density at radius 2 is 2.28 bits per heavy atom. The Bertz CT molecular complexity index is 382. The lowest BCUT2D eigenvalue weighted by molar-refractivity contribution is -0.124. The average molecular weight is 247 g/mol. The molecule has 0 atom stereocenters. The monoisotopic (exact) mass is 247 g/mol. The lowest BCUT2D eigenvalue weighted by Crippen LogP contribution is -2.42. The van der Waals surface area contributed by atoms with E-state index in [1.807, 2.05) is 18.2 Å². The molecule has 0 bridgehead atoms. The van der Waals surface area contributed by atoms with E-state index in [9.17, 15) is 4.79 Å². The second-order valence-electron chi connectivity index (χ2n) is 5.16. The maximum atomic E-state index is 11.8. The molecule has 1 saturated carbocycles. The third-order valence-electron chi connectivity index (χ3n) is 3.81. The van der Waals surface area contributed by atoms with Crippen LogP contribution in [0.3, 0.4) is 0 Å².